The summed E-state index contributed by atoms with van der Waals surface area (Å²) in [5, 5.41) is 14.2. The maximum Gasteiger partial charge on any atom is 0.228 e. The summed E-state index contributed by atoms with van der Waals surface area (Å²) in [5.41, 5.74) is 2.90. The Morgan fingerprint density at radius 3 is 2.68 bits per heavy atom. The molecule has 1 aliphatic carbocycles. The zero-order valence-electron chi connectivity index (χ0n) is 17.4. The van der Waals surface area contributed by atoms with Gasteiger partial charge in [0.1, 0.15) is 10.7 Å². The van der Waals surface area contributed by atoms with Crippen molar-refractivity contribution in [1.29, 1.82) is 0 Å². The molecule has 0 amide bonds. The molecule has 3 heterocycles. The summed E-state index contributed by atoms with van der Waals surface area (Å²) < 4.78 is 13.0. The summed E-state index contributed by atoms with van der Waals surface area (Å²) in [5.74, 6) is 1.95. The SMILES string of the molecule is O=[S@@]1CCCCc2nc(N3CC=C(c4ccc(Cl)cc4)C3)nc(NC3(CO)CCC3)c21. The van der Waals surface area contributed by atoms with Crippen LogP contribution >= 0.6 is 11.6 Å². The van der Waals surface area contributed by atoms with Gasteiger partial charge in [0.25, 0.3) is 0 Å². The predicted octanol–water partition coefficient (Wildman–Crippen LogP) is 3.80. The third-order valence-electron chi connectivity index (χ3n) is 6.56. The van der Waals surface area contributed by atoms with Crippen LogP contribution in [0.5, 0.6) is 0 Å². The molecule has 1 aromatic carbocycles. The Hall–Kier alpha value is -1.96. The quantitative estimate of drug-likeness (QED) is 0.709. The average molecular weight is 459 g/mol. The summed E-state index contributed by atoms with van der Waals surface area (Å²) in [6.45, 7) is 1.50. The van der Waals surface area contributed by atoms with Crippen LogP contribution in [0.2, 0.25) is 5.02 Å². The highest BCUT2D eigenvalue weighted by Gasteiger charge is 2.38. The van der Waals surface area contributed by atoms with Gasteiger partial charge in [0.05, 0.1) is 28.6 Å². The maximum atomic E-state index is 13.0. The molecule has 2 N–H and O–H groups in total. The van der Waals surface area contributed by atoms with Crippen LogP contribution < -0.4 is 10.2 Å². The Bertz CT molecular complexity index is 1030. The van der Waals surface area contributed by atoms with Gasteiger partial charge in [-0.05, 0) is 61.8 Å². The van der Waals surface area contributed by atoms with E-state index < -0.39 is 10.8 Å². The monoisotopic (exact) mass is 458 g/mol. The van der Waals surface area contributed by atoms with E-state index in [1.54, 1.807) is 0 Å². The standard InChI is InChI=1S/C23H27ClN4O2S/c24-18-7-5-16(6-8-18)17-9-12-28(14-17)22-25-19-4-1-2-13-31(30)20(19)21(26-22)27-23(15-29)10-3-11-23/h5-9,29H,1-4,10-15H2,(H,25,26,27)/t31-/m1/s1. The minimum absolute atomic E-state index is 0.0553. The Balaban J connectivity index is 1.47. The van der Waals surface area contributed by atoms with Crippen LogP contribution in [-0.2, 0) is 17.2 Å². The van der Waals surface area contributed by atoms with E-state index in [1.165, 1.54) is 5.57 Å². The van der Waals surface area contributed by atoms with Crippen LogP contribution in [0.3, 0.4) is 0 Å². The summed E-state index contributed by atoms with van der Waals surface area (Å²) in [6, 6.07) is 7.88. The molecule has 1 atom stereocenters. The molecule has 2 aliphatic heterocycles. The summed E-state index contributed by atoms with van der Waals surface area (Å²) in [4.78, 5) is 12.6. The summed E-state index contributed by atoms with van der Waals surface area (Å²) in [7, 11) is -1.12. The lowest BCUT2D eigenvalue weighted by atomic mass is 9.77. The highest BCUT2D eigenvalue weighted by atomic mass is 35.5. The van der Waals surface area contributed by atoms with Gasteiger partial charge in [-0.25, -0.2) is 4.98 Å². The van der Waals surface area contributed by atoms with Crippen molar-refractivity contribution in [2.24, 2.45) is 0 Å². The first-order valence-corrected chi connectivity index (χ1v) is 12.6. The molecule has 5 rings (SSSR count). The number of anilines is 2. The first kappa shape index (κ1) is 20.9. The van der Waals surface area contributed by atoms with Gasteiger partial charge < -0.3 is 15.3 Å². The number of hydrogen-bond donors (Lipinski definition) is 2. The second kappa shape index (κ2) is 8.52. The predicted molar refractivity (Wildman–Crippen MR) is 125 cm³/mol. The van der Waals surface area contributed by atoms with Crippen molar-refractivity contribution in [1.82, 2.24) is 9.97 Å². The molecular formula is C23H27ClN4O2S. The molecule has 1 saturated carbocycles. The van der Waals surface area contributed by atoms with Gasteiger partial charge in [0, 0.05) is 23.9 Å². The van der Waals surface area contributed by atoms with E-state index in [0.717, 1.165) is 66.2 Å². The lowest BCUT2D eigenvalue weighted by molar-refractivity contribution is 0.143. The van der Waals surface area contributed by atoms with Gasteiger partial charge in [-0.1, -0.05) is 29.8 Å². The van der Waals surface area contributed by atoms with Crippen LogP contribution in [0, 0.1) is 0 Å². The Morgan fingerprint density at radius 2 is 1.97 bits per heavy atom. The molecule has 164 valence electrons. The van der Waals surface area contributed by atoms with Crippen LogP contribution in [0.4, 0.5) is 11.8 Å². The lowest BCUT2D eigenvalue weighted by Gasteiger charge is -2.41. The molecule has 1 aromatic heterocycles. The number of fused-ring (bicyclic) bond motifs is 1. The fourth-order valence-corrected chi connectivity index (χ4v) is 6.02. The second-order valence-corrected chi connectivity index (χ2v) is 10.6. The Morgan fingerprint density at radius 1 is 1.16 bits per heavy atom. The van der Waals surface area contributed by atoms with Gasteiger partial charge in [-0.3, -0.25) is 4.21 Å². The number of aromatic nitrogens is 2. The van der Waals surface area contributed by atoms with Gasteiger partial charge in [0.2, 0.25) is 5.95 Å². The topological polar surface area (TPSA) is 78.4 Å². The molecule has 0 unspecified atom stereocenters. The molecule has 0 saturated heterocycles. The van der Waals surface area contributed by atoms with Crippen LogP contribution in [0.25, 0.3) is 5.57 Å². The first-order chi connectivity index (χ1) is 15.1. The Kier molecular flexibility index (Phi) is 5.75. The number of rotatable bonds is 5. The van der Waals surface area contributed by atoms with Crippen molar-refractivity contribution in [3.63, 3.8) is 0 Å². The maximum absolute atomic E-state index is 13.0. The largest absolute Gasteiger partial charge is 0.394 e. The number of benzene rings is 1. The highest BCUT2D eigenvalue weighted by Crippen LogP contribution is 2.38. The highest BCUT2D eigenvalue weighted by molar-refractivity contribution is 7.85. The minimum Gasteiger partial charge on any atom is -0.394 e. The van der Waals surface area contributed by atoms with E-state index in [2.05, 4.69) is 16.3 Å². The van der Waals surface area contributed by atoms with Crippen LogP contribution in [0.1, 0.15) is 43.4 Å². The molecule has 0 spiro atoms. The molecular weight excluding hydrogens is 432 g/mol. The van der Waals surface area contributed by atoms with Gasteiger partial charge in [-0.2, -0.15) is 4.98 Å². The lowest BCUT2D eigenvalue weighted by Crippen LogP contribution is -2.49. The molecule has 2 aromatic rings. The van der Waals surface area contributed by atoms with E-state index in [1.807, 2.05) is 24.3 Å². The molecule has 6 nitrogen and oxygen atoms in total. The van der Waals surface area contributed by atoms with Crippen LogP contribution in [-0.4, -0.2) is 50.3 Å². The molecule has 3 aliphatic rings. The zero-order chi connectivity index (χ0) is 21.4. The fourth-order valence-electron chi connectivity index (χ4n) is 4.50. The van der Waals surface area contributed by atoms with Crippen molar-refractivity contribution in [2.45, 2.75) is 49.0 Å². The normalized spacial score (nSPS) is 22.3. The number of aliphatic hydroxyl groups excluding tert-OH is 1. The second-order valence-electron chi connectivity index (χ2n) is 8.69. The molecule has 0 radical (unpaired) electrons. The summed E-state index contributed by atoms with van der Waals surface area (Å²) >= 11 is 6.03. The van der Waals surface area contributed by atoms with Crippen molar-refractivity contribution < 1.29 is 9.32 Å². The van der Waals surface area contributed by atoms with E-state index in [4.69, 9.17) is 21.6 Å². The van der Waals surface area contributed by atoms with Crippen LogP contribution in [0.15, 0.2) is 35.2 Å². The third kappa shape index (κ3) is 4.11. The van der Waals surface area contributed by atoms with E-state index >= 15 is 0 Å². The van der Waals surface area contributed by atoms with Crippen molar-refractivity contribution in [3.8, 4) is 0 Å². The van der Waals surface area contributed by atoms with Crippen molar-refractivity contribution >= 4 is 39.7 Å². The van der Waals surface area contributed by atoms with Gasteiger partial charge in [-0.15, -0.1) is 0 Å². The molecule has 1 fully saturated rings. The summed E-state index contributed by atoms with van der Waals surface area (Å²) in [6.07, 6.45) is 7.79. The van der Waals surface area contributed by atoms with E-state index in [9.17, 15) is 9.32 Å². The average Bonchev–Trinajstić information content (AvgIpc) is 3.16. The molecule has 8 heteroatoms. The Labute approximate surface area is 190 Å². The number of aliphatic hydroxyl groups is 1. The van der Waals surface area contributed by atoms with Crippen molar-refractivity contribution in [2.75, 3.05) is 35.7 Å². The number of hydrogen-bond acceptors (Lipinski definition) is 6. The fraction of sp³-hybridized carbons (Fsp3) is 0.478. The van der Waals surface area contributed by atoms with E-state index in [-0.39, 0.29) is 12.1 Å². The van der Waals surface area contributed by atoms with Crippen molar-refractivity contribution in [3.05, 3.63) is 46.6 Å². The first-order valence-electron chi connectivity index (χ1n) is 11.0. The number of halogens is 1. The third-order valence-corrected chi connectivity index (χ3v) is 8.35. The van der Waals surface area contributed by atoms with Gasteiger partial charge >= 0.3 is 0 Å². The number of nitrogens with one attached hydrogen (secondary N) is 1. The van der Waals surface area contributed by atoms with E-state index in [0.29, 0.717) is 24.1 Å². The van der Waals surface area contributed by atoms with Gasteiger partial charge in [0.15, 0.2) is 0 Å². The minimum atomic E-state index is -1.12. The molecule has 31 heavy (non-hydrogen) atoms. The number of aryl methyl sites for hydroxylation is 1. The zero-order valence-corrected chi connectivity index (χ0v) is 19.0. The smallest absolute Gasteiger partial charge is 0.228 e. The number of nitrogens with zero attached hydrogens (tertiary/aromatic N) is 3. The molecule has 0 bridgehead atoms.